The highest BCUT2D eigenvalue weighted by atomic mass is 32.2. The molecule has 7 N–H and O–H groups in total. The van der Waals surface area contributed by atoms with E-state index in [9.17, 15) is 49.1 Å². The summed E-state index contributed by atoms with van der Waals surface area (Å²) in [7, 11) is -15.0. The van der Waals surface area contributed by atoms with Crippen LogP contribution in [0.3, 0.4) is 0 Å². The molecule has 14 nitrogen and oxygen atoms in total. The number of phenolic OH excluding ortho intramolecular Hbond substituents is 2. The topological polar surface area (TPSA) is 243 Å². The molecule has 246 valence electrons. The van der Waals surface area contributed by atoms with Gasteiger partial charge in [-0.3, -0.25) is 13.7 Å². The molecule has 2 aliphatic rings. The Hall–Kier alpha value is -5.30. The maximum absolute atomic E-state index is 12.7. The summed E-state index contributed by atoms with van der Waals surface area (Å²) in [6.07, 6.45) is 0. The maximum Gasteiger partial charge on any atom is 0.301 e. The number of nitrogens with one attached hydrogen (secondary N) is 2. The molecule has 0 saturated heterocycles. The van der Waals surface area contributed by atoms with Crippen molar-refractivity contribution in [3.63, 3.8) is 0 Å². The molecule has 17 heteroatoms. The second-order valence-electron chi connectivity index (χ2n) is 10.4. The molecule has 1 aliphatic heterocycles. The summed E-state index contributed by atoms with van der Waals surface area (Å²) in [4.78, 5) is 0.591. The molecule has 4 aromatic carbocycles. The fourth-order valence-corrected chi connectivity index (χ4v) is 7.21. The minimum atomic E-state index is -5.05. The first kappa shape index (κ1) is 32.6. The number of hydrogen-bond donors (Lipinski definition) is 7. The van der Waals surface area contributed by atoms with Crippen molar-refractivity contribution in [1.29, 1.82) is 0 Å². The summed E-state index contributed by atoms with van der Waals surface area (Å²) < 4.78 is 113. The minimum Gasteiger partial charge on any atom is -0.506 e. The molecular formula is C31H23N2O12S3+. The summed E-state index contributed by atoms with van der Waals surface area (Å²) in [5.41, 5.74) is -0.880. The number of aromatic hydroxyl groups is 2. The van der Waals surface area contributed by atoms with Crippen molar-refractivity contribution in [3.8, 4) is 33.9 Å². The summed E-state index contributed by atoms with van der Waals surface area (Å²) in [5.74, 6) is -0.675. The van der Waals surface area contributed by atoms with Crippen molar-refractivity contribution < 1.29 is 58.5 Å². The van der Waals surface area contributed by atoms with Crippen LogP contribution in [-0.2, 0) is 30.4 Å². The molecule has 48 heavy (non-hydrogen) atoms. The molecule has 0 bridgehead atoms. The Labute approximate surface area is 272 Å². The van der Waals surface area contributed by atoms with E-state index in [1.54, 1.807) is 12.1 Å². The molecule has 4 aromatic rings. The standard InChI is InChI=1S/C31H22N2O12S3/c34-24-10-4-2-8-20(24)32-22-15-26-18(13-29(22)47(39,40)41)31(17-7-1-6-12-28(17)46(36,37)38)19-14-30(48(42,43)44)23(16-27(19)45-26)33-21-9-3-5-11-25(21)35/h1-16,32,34-35H,(H,36,37,38)(H,39,40,41)(H,42,43,44)/p+1. The molecule has 0 saturated carbocycles. The monoisotopic (exact) mass is 711 g/mol. The second-order valence-corrected chi connectivity index (χ2v) is 14.5. The van der Waals surface area contributed by atoms with Crippen LogP contribution in [0.2, 0.25) is 0 Å². The summed E-state index contributed by atoms with van der Waals surface area (Å²) in [6.45, 7) is 0. The lowest BCUT2D eigenvalue weighted by atomic mass is 9.93. The van der Waals surface area contributed by atoms with Gasteiger partial charge in [0.05, 0.1) is 17.4 Å². The van der Waals surface area contributed by atoms with Gasteiger partial charge in [0.15, 0.2) is 10.6 Å². The SMILES string of the molecule is O=S(=O)(O)c1cc2c(-c3ccccc3S(=O)(=O)O)c3cc(S(=O)(=O)O)c(=[NH+]c4ccccc4O)cc-3oc2cc1Nc1ccccc1O. The summed E-state index contributed by atoms with van der Waals surface area (Å²) in [6, 6.07) is 20.8. The first-order valence-corrected chi connectivity index (χ1v) is 17.9. The number of hydrogen-bond acceptors (Lipinski definition) is 10. The van der Waals surface area contributed by atoms with Gasteiger partial charge in [-0.15, -0.1) is 0 Å². The van der Waals surface area contributed by atoms with Crippen LogP contribution < -0.4 is 15.7 Å². The van der Waals surface area contributed by atoms with Gasteiger partial charge >= 0.3 is 10.1 Å². The van der Waals surface area contributed by atoms with Crippen molar-refractivity contribution >= 4 is 58.4 Å². The van der Waals surface area contributed by atoms with Gasteiger partial charge in [0, 0.05) is 34.2 Å². The third-order valence-electron chi connectivity index (χ3n) is 7.26. The van der Waals surface area contributed by atoms with Gasteiger partial charge in [0.2, 0.25) is 11.0 Å². The lowest BCUT2D eigenvalue weighted by Gasteiger charge is -2.19. The Bertz CT molecular complexity index is 2650. The number of rotatable bonds is 7. The Morgan fingerprint density at radius 1 is 0.583 bits per heavy atom. The Balaban J connectivity index is 1.82. The number of fused-ring (bicyclic) bond motifs is 2. The molecule has 0 amide bonds. The number of para-hydroxylation sites is 4. The van der Waals surface area contributed by atoms with Gasteiger partial charge in [-0.25, -0.2) is 4.99 Å². The molecule has 0 aromatic heterocycles. The summed E-state index contributed by atoms with van der Waals surface area (Å²) in [5, 5.41) is 22.9. The van der Waals surface area contributed by atoms with Crippen molar-refractivity contribution in [1.82, 2.24) is 0 Å². The normalized spacial score (nSPS) is 12.9. The Morgan fingerprint density at radius 3 is 1.83 bits per heavy atom. The largest absolute Gasteiger partial charge is 0.506 e. The van der Waals surface area contributed by atoms with Gasteiger partial charge in [-0.05, 0) is 36.4 Å². The molecule has 0 unspecified atom stereocenters. The molecule has 0 spiro atoms. The molecule has 0 atom stereocenters. The van der Waals surface area contributed by atoms with E-state index in [0.29, 0.717) is 0 Å². The van der Waals surface area contributed by atoms with Crippen molar-refractivity contribution in [2.75, 3.05) is 5.32 Å². The van der Waals surface area contributed by atoms with Crippen LogP contribution in [0.1, 0.15) is 0 Å². The van der Waals surface area contributed by atoms with E-state index >= 15 is 0 Å². The lowest BCUT2D eigenvalue weighted by Crippen LogP contribution is -2.71. The fourth-order valence-electron chi connectivity index (χ4n) is 5.20. The van der Waals surface area contributed by atoms with E-state index in [1.807, 2.05) is 0 Å². The zero-order chi connectivity index (χ0) is 34.6. The van der Waals surface area contributed by atoms with Crippen LogP contribution in [0.5, 0.6) is 11.5 Å². The number of anilines is 2. The quantitative estimate of drug-likeness (QED) is 0.0714. The maximum atomic E-state index is 12.7. The predicted octanol–water partition coefficient (Wildman–Crippen LogP) is 3.41. The van der Waals surface area contributed by atoms with Crippen LogP contribution in [0.4, 0.5) is 17.1 Å². The van der Waals surface area contributed by atoms with E-state index in [2.05, 4.69) is 10.3 Å². The number of phenols is 2. The lowest BCUT2D eigenvalue weighted by molar-refractivity contribution is -0.406. The smallest absolute Gasteiger partial charge is 0.301 e. The van der Waals surface area contributed by atoms with Gasteiger partial charge < -0.3 is 19.9 Å². The van der Waals surface area contributed by atoms with E-state index in [0.717, 1.165) is 30.3 Å². The van der Waals surface area contributed by atoms with Gasteiger partial charge in [-0.1, -0.05) is 42.5 Å². The predicted molar refractivity (Wildman–Crippen MR) is 171 cm³/mol. The first-order valence-electron chi connectivity index (χ1n) is 13.6. The van der Waals surface area contributed by atoms with E-state index in [4.69, 9.17) is 4.42 Å². The second kappa shape index (κ2) is 11.7. The van der Waals surface area contributed by atoms with Crippen molar-refractivity contribution in [2.45, 2.75) is 14.7 Å². The average Bonchev–Trinajstić information content (AvgIpc) is 3.00. The van der Waals surface area contributed by atoms with Gasteiger partial charge in [0.25, 0.3) is 20.2 Å². The number of benzene rings is 5. The van der Waals surface area contributed by atoms with Crippen molar-refractivity contribution in [2.24, 2.45) is 0 Å². The Kier molecular flexibility index (Phi) is 7.98. The first-order chi connectivity index (χ1) is 22.5. The third-order valence-corrected chi connectivity index (χ3v) is 9.96. The van der Waals surface area contributed by atoms with Crippen LogP contribution in [0, 0.1) is 0 Å². The molecule has 0 radical (unpaired) electrons. The zero-order valence-electron chi connectivity index (χ0n) is 24.1. The highest BCUT2D eigenvalue weighted by Gasteiger charge is 2.30. The zero-order valence-corrected chi connectivity index (χ0v) is 26.5. The Morgan fingerprint density at radius 2 is 1.19 bits per heavy atom. The van der Waals surface area contributed by atoms with E-state index in [1.165, 1.54) is 54.6 Å². The highest BCUT2D eigenvalue weighted by Crippen LogP contribution is 2.45. The molecule has 0 fully saturated rings. The molecule has 1 heterocycles. The molecule has 1 aliphatic carbocycles. The molecule has 6 rings (SSSR count). The highest BCUT2D eigenvalue weighted by molar-refractivity contribution is 7.86. The van der Waals surface area contributed by atoms with Crippen LogP contribution in [-0.4, -0.2) is 49.1 Å². The van der Waals surface area contributed by atoms with Crippen LogP contribution in [0.25, 0.3) is 33.4 Å². The van der Waals surface area contributed by atoms with Gasteiger partial charge in [0.1, 0.15) is 26.9 Å². The fraction of sp³-hybridized carbons (Fsp3) is 0. The van der Waals surface area contributed by atoms with E-state index < -0.39 is 45.0 Å². The molecular weight excluding hydrogens is 689 g/mol. The minimum absolute atomic E-state index is 0.0476. The third kappa shape index (κ3) is 6.20. The van der Waals surface area contributed by atoms with Gasteiger partial charge in [-0.2, -0.15) is 25.3 Å². The van der Waals surface area contributed by atoms with Crippen LogP contribution in [0.15, 0.2) is 116 Å². The van der Waals surface area contributed by atoms with Crippen molar-refractivity contribution in [3.05, 3.63) is 102 Å². The average molecular weight is 712 g/mol. The van der Waals surface area contributed by atoms with Crippen LogP contribution >= 0.6 is 0 Å². The summed E-state index contributed by atoms with van der Waals surface area (Å²) >= 11 is 0. The van der Waals surface area contributed by atoms with E-state index in [-0.39, 0.29) is 67.3 Å².